The second-order valence-electron chi connectivity index (χ2n) is 7.14. The highest BCUT2D eigenvalue weighted by molar-refractivity contribution is 5.85. The van der Waals surface area contributed by atoms with E-state index in [0.29, 0.717) is 11.1 Å². The third-order valence-corrected chi connectivity index (χ3v) is 5.12. The number of benzene rings is 2. The monoisotopic (exact) mass is 459 g/mol. The highest BCUT2D eigenvalue weighted by atomic mass is 19.4. The maximum atomic E-state index is 15.2. The molecule has 0 unspecified atom stereocenters. The Morgan fingerprint density at radius 3 is 2.67 bits per heavy atom. The summed E-state index contributed by atoms with van der Waals surface area (Å²) in [6.45, 7) is 1.92. The number of hydrogen-bond donors (Lipinski definition) is 1. The van der Waals surface area contributed by atoms with Crippen molar-refractivity contribution < 1.29 is 26.7 Å². The molecule has 2 aromatic carbocycles. The van der Waals surface area contributed by atoms with Crippen molar-refractivity contribution in [1.29, 1.82) is 0 Å². The fourth-order valence-corrected chi connectivity index (χ4v) is 3.65. The number of rotatable bonds is 4. The Hall–Kier alpha value is -4.02. The van der Waals surface area contributed by atoms with Crippen LogP contribution in [0, 0.1) is 11.6 Å². The molecule has 5 rings (SSSR count). The summed E-state index contributed by atoms with van der Waals surface area (Å²) in [5, 5.41) is 6.36. The molecule has 0 aliphatic heterocycles. The Bertz CT molecular complexity index is 1500. The fourth-order valence-electron chi connectivity index (χ4n) is 3.65. The van der Waals surface area contributed by atoms with Crippen LogP contribution >= 0.6 is 0 Å². The van der Waals surface area contributed by atoms with E-state index in [4.69, 9.17) is 4.74 Å². The van der Waals surface area contributed by atoms with Crippen molar-refractivity contribution in [2.75, 3.05) is 6.61 Å². The lowest BCUT2D eigenvalue weighted by Gasteiger charge is -2.11. The molecule has 11 heteroatoms. The van der Waals surface area contributed by atoms with Gasteiger partial charge in [0.25, 0.3) is 0 Å². The van der Waals surface area contributed by atoms with Crippen LogP contribution in [-0.4, -0.2) is 31.2 Å². The van der Waals surface area contributed by atoms with Crippen LogP contribution in [-0.2, 0) is 6.18 Å². The first-order valence-electron chi connectivity index (χ1n) is 9.78. The van der Waals surface area contributed by atoms with E-state index in [2.05, 4.69) is 20.2 Å². The first-order chi connectivity index (χ1) is 15.8. The van der Waals surface area contributed by atoms with E-state index in [0.717, 1.165) is 10.6 Å². The Kier molecular flexibility index (Phi) is 4.76. The Labute approximate surface area is 182 Å². The number of alkyl halides is 3. The summed E-state index contributed by atoms with van der Waals surface area (Å²) in [5.41, 5.74) is -1.18. The van der Waals surface area contributed by atoms with Gasteiger partial charge >= 0.3 is 6.18 Å². The molecule has 0 spiro atoms. The molecule has 0 amide bonds. The van der Waals surface area contributed by atoms with Gasteiger partial charge in [0.1, 0.15) is 5.82 Å². The zero-order valence-corrected chi connectivity index (χ0v) is 16.9. The van der Waals surface area contributed by atoms with Crippen molar-refractivity contribution in [2.45, 2.75) is 13.1 Å². The molecule has 6 nitrogen and oxygen atoms in total. The van der Waals surface area contributed by atoms with Gasteiger partial charge < -0.3 is 4.74 Å². The number of nitrogens with one attached hydrogen (secondary N) is 1. The number of H-pyrrole nitrogens is 1. The van der Waals surface area contributed by atoms with Gasteiger partial charge in [-0.2, -0.15) is 18.3 Å². The molecule has 5 aromatic rings. The minimum atomic E-state index is -4.85. The average Bonchev–Trinajstić information content (AvgIpc) is 3.40. The number of nitrogens with zero attached hydrogens (tertiary/aromatic N) is 4. The van der Waals surface area contributed by atoms with Gasteiger partial charge in [0.05, 0.1) is 41.3 Å². The lowest BCUT2D eigenvalue weighted by molar-refractivity contribution is -0.140. The average molecular weight is 459 g/mol. The molecule has 0 aliphatic carbocycles. The molecule has 3 aromatic heterocycles. The molecular weight excluding hydrogens is 445 g/mol. The Morgan fingerprint density at radius 1 is 1.09 bits per heavy atom. The summed E-state index contributed by atoms with van der Waals surface area (Å²) in [6.07, 6.45) is -1.20. The van der Waals surface area contributed by atoms with Crippen LogP contribution in [0.3, 0.4) is 0 Å². The lowest BCUT2D eigenvalue weighted by atomic mass is 10.1. The van der Waals surface area contributed by atoms with E-state index < -0.39 is 29.2 Å². The molecule has 168 valence electrons. The molecule has 1 N–H and O–H groups in total. The fraction of sp³-hybridized carbons (Fsp3) is 0.136. The molecule has 0 bridgehead atoms. The summed E-state index contributed by atoms with van der Waals surface area (Å²) in [6, 6.07) is 6.67. The van der Waals surface area contributed by atoms with E-state index in [9.17, 15) is 17.6 Å². The number of aromatic amines is 1. The van der Waals surface area contributed by atoms with E-state index in [1.807, 2.05) is 0 Å². The van der Waals surface area contributed by atoms with Gasteiger partial charge in [0, 0.05) is 17.3 Å². The Morgan fingerprint density at radius 2 is 1.91 bits per heavy atom. The van der Waals surface area contributed by atoms with Crippen molar-refractivity contribution in [3.8, 4) is 28.3 Å². The van der Waals surface area contributed by atoms with Crippen LogP contribution in [0.4, 0.5) is 22.0 Å². The number of aromatic nitrogens is 5. The summed E-state index contributed by atoms with van der Waals surface area (Å²) >= 11 is 0. The first-order valence-corrected chi connectivity index (χ1v) is 9.78. The van der Waals surface area contributed by atoms with E-state index in [1.165, 1.54) is 42.7 Å². The first kappa shape index (κ1) is 20.9. The second-order valence-corrected chi connectivity index (χ2v) is 7.14. The number of ether oxygens (including phenoxy) is 1. The van der Waals surface area contributed by atoms with Gasteiger partial charge in [-0.25, -0.2) is 13.8 Å². The molecule has 33 heavy (non-hydrogen) atoms. The molecule has 0 aliphatic rings. The van der Waals surface area contributed by atoms with Gasteiger partial charge in [0.2, 0.25) is 0 Å². The van der Waals surface area contributed by atoms with Gasteiger partial charge in [0.15, 0.2) is 22.9 Å². The normalized spacial score (nSPS) is 12.1. The van der Waals surface area contributed by atoms with Crippen LogP contribution in [0.15, 0.2) is 48.9 Å². The second kappa shape index (κ2) is 7.54. The van der Waals surface area contributed by atoms with Crippen LogP contribution < -0.4 is 4.74 Å². The van der Waals surface area contributed by atoms with Gasteiger partial charge in [-0.15, -0.1) is 0 Å². The van der Waals surface area contributed by atoms with Crippen molar-refractivity contribution >= 4 is 16.6 Å². The SMILES string of the molecule is CCOc1cc(-c2cn3c(-c4ccc5[nH]ncc5c4F)c(C(F)(F)F)nc3cn2)ccc1F. The molecule has 0 saturated heterocycles. The van der Waals surface area contributed by atoms with E-state index >= 15 is 4.39 Å². The van der Waals surface area contributed by atoms with Crippen molar-refractivity contribution in [2.24, 2.45) is 0 Å². The molecule has 0 atom stereocenters. The number of halogens is 5. The molecule has 0 saturated carbocycles. The minimum Gasteiger partial charge on any atom is -0.491 e. The van der Waals surface area contributed by atoms with E-state index in [-0.39, 0.29) is 34.6 Å². The van der Waals surface area contributed by atoms with Gasteiger partial charge in [-0.3, -0.25) is 14.5 Å². The Balaban J connectivity index is 1.77. The highest BCUT2D eigenvalue weighted by Gasteiger charge is 2.39. The predicted octanol–water partition coefficient (Wildman–Crippen LogP) is 5.64. The summed E-state index contributed by atoms with van der Waals surface area (Å²) in [5.74, 6) is -1.47. The van der Waals surface area contributed by atoms with Crippen LogP contribution in [0.2, 0.25) is 0 Å². The van der Waals surface area contributed by atoms with Gasteiger partial charge in [-0.05, 0) is 37.3 Å². The largest absolute Gasteiger partial charge is 0.491 e. The smallest absolute Gasteiger partial charge is 0.435 e. The molecule has 0 fully saturated rings. The number of imidazole rings is 1. The number of hydrogen-bond acceptors (Lipinski definition) is 4. The highest BCUT2D eigenvalue weighted by Crippen LogP contribution is 2.39. The minimum absolute atomic E-state index is 0.0183. The van der Waals surface area contributed by atoms with Crippen molar-refractivity contribution in [3.05, 3.63) is 66.3 Å². The standard InChI is InChI=1S/C22H14F5N5O/c1-2-33-17-7-11(3-5-14(17)23)16-10-32-18(9-28-16)30-21(22(25,26)27)20(32)12-4-6-15-13(19(12)24)8-29-31-15/h3-10H,2H2,1H3,(H,29,31). The van der Waals surface area contributed by atoms with E-state index in [1.54, 1.807) is 6.92 Å². The quantitative estimate of drug-likeness (QED) is 0.354. The predicted molar refractivity (Wildman–Crippen MR) is 110 cm³/mol. The van der Waals surface area contributed by atoms with Crippen LogP contribution in [0.1, 0.15) is 12.6 Å². The van der Waals surface area contributed by atoms with Gasteiger partial charge in [-0.1, -0.05) is 0 Å². The third-order valence-electron chi connectivity index (χ3n) is 5.12. The zero-order valence-electron chi connectivity index (χ0n) is 16.9. The summed E-state index contributed by atoms with van der Waals surface area (Å²) in [7, 11) is 0. The molecule has 0 radical (unpaired) electrons. The number of fused-ring (bicyclic) bond motifs is 2. The zero-order chi connectivity index (χ0) is 23.3. The van der Waals surface area contributed by atoms with Crippen molar-refractivity contribution in [3.63, 3.8) is 0 Å². The maximum absolute atomic E-state index is 15.2. The topological polar surface area (TPSA) is 68.1 Å². The third kappa shape index (κ3) is 3.45. The summed E-state index contributed by atoms with van der Waals surface area (Å²) < 4.78 is 77.2. The summed E-state index contributed by atoms with van der Waals surface area (Å²) in [4.78, 5) is 7.83. The maximum Gasteiger partial charge on any atom is 0.435 e. The van der Waals surface area contributed by atoms with Crippen molar-refractivity contribution in [1.82, 2.24) is 24.6 Å². The lowest BCUT2D eigenvalue weighted by Crippen LogP contribution is -2.08. The van der Waals surface area contributed by atoms with Crippen LogP contribution in [0.25, 0.3) is 39.1 Å². The molecular formula is C22H14F5N5O. The molecule has 3 heterocycles. The van der Waals surface area contributed by atoms with Crippen LogP contribution in [0.5, 0.6) is 5.75 Å².